The fourth-order valence-corrected chi connectivity index (χ4v) is 2.23. The first-order valence-corrected chi connectivity index (χ1v) is 6.20. The van der Waals surface area contributed by atoms with E-state index < -0.39 is 0 Å². The Balaban J connectivity index is 2.27. The third-order valence-electron chi connectivity index (χ3n) is 2.10. The Hall–Kier alpha value is -1.17. The van der Waals surface area contributed by atoms with E-state index in [1.807, 2.05) is 13.0 Å². The summed E-state index contributed by atoms with van der Waals surface area (Å²) in [6, 6.07) is 1.81. The molecule has 0 spiro atoms. The monoisotopic (exact) mass is 266 g/mol. The lowest BCUT2D eigenvalue weighted by Gasteiger charge is -2.05. The van der Waals surface area contributed by atoms with Gasteiger partial charge in [0.1, 0.15) is 5.03 Å². The molecule has 0 radical (unpaired) electrons. The molecule has 0 aromatic carbocycles. The van der Waals surface area contributed by atoms with E-state index in [-0.39, 0.29) is 0 Å². The summed E-state index contributed by atoms with van der Waals surface area (Å²) in [5.74, 6) is 0. The average molecular weight is 267 g/mol. The maximum Gasteiger partial charge on any atom is 0.193 e. The van der Waals surface area contributed by atoms with E-state index in [2.05, 4.69) is 15.0 Å². The van der Waals surface area contributed by atoms with Crippen LogP contribution in [0.25, 0.3) is 0 Å². The molecule has 2 rings (SSSR count). The van der Waals surface area contributed by atoms with E-state index in [0.29, 0.717) is 21.7 Å². The third-order valence-corrected chi connectivity index (χ3v) is 3.53. The Labute approximate surface area is 109 Å². The first kappa shape index (κ1) is 12.3. The summed E-state index contributed by atoms with van der Waals surface area (Å²) < 4.78 is 0. The number of nitrogens with two attached hydrogens (primary N) is 1. The van der Waals surface area contributed by atoms with Crippen LogP contribution in [-0.2, 0) is 6.54 Å². The Morgan fingerprint density at radius 3 is 2.65 bits per heavy atom. The molecule has 2 N–H and O–H groups in total. The van der Waals surface area contributed by atoms with Crippen molar-refractivity contribution in [2.75, 3.05) is 0 Å². The number of hydrogen-bond donors (Lipinski definition) is 1. The minimum atomic E-state index is 0.393. The SMILES string of the molecule is Cc1cnc(Sc2nccc(CN)c2Cl)nc1. The molecule has 4 nitrogen and oxygen atoms in total. The summed E-state index contributed by atoms with van der Waals surface area (Å²) in [6.45, 7) is 2.33. The second-order valence-corrected chi connectivity index (χ2v) is 4.77. The molecule has 6 heteroatoms. The normalized spacial score (nSPS) is 10.5. The van der Waals surface area contributed by atoms with Crippen molar-refractivity contribution in [3.05, 3.63) is 40.8 Å². The largest absolute Gasteiger partial charge is 0.326 e. The van der Waals surface area contributed by atoms with Crippen LogP contribution in [0.2, 0.25) is 5.02 Å². The van der Waals surface area contributed by atoms with Gasteiger partial charge in [0, 0.05) is 25.1 Å². The molecule has 0 bridgehead atoms. The zero-order valence-corrected chi connectivity index (χ0v) is 10.8. The smallest absolute Gasteiger partial charge is 0.193 e. The van der Waals surface area contributed by atoms with E-state index in [1.165, 1.54) is 11.8 Å². The van der Waals surface area contributed by atoms with Gasteiger partial charge in [0.25, 0.3) is 0 Å². The summed E-state index contributed by atoms with van der Waals surface area (Å²) >= 11 is 7.50. The van der Waals surface area contributed by atoms with Gasteiger partial charge in [0.05, 0.1) is 5.02 Å². The molecule has 2 heterocycles. The van der Waals surface area contributed by atoms with Gasteiger partial charge in [0.15, 0.2) is 5.16 Å². The Morgan fingerprint density at radius 1 is 1.29 bits per heavy atom. The molecular weight excluding hydrogens is 256 g/mol. The number of aryl methyl sites for hydroxylation is 1. The van der Waals surface area contributed by atoms with Gasteiger partial charge in [-0.05, 0) is 35.9 Å². The molecule has 0 atom stereocenters. The highest BCUT2D eigenvalue weighted by atomic mass is 35.5. The molecule has 0 saturated heterocycles. The van der Waals surface area contributed by atoms with Crippen LogP contribution in [0.3, 0.4) is 0 Å². The quantitative estimate of drug-likeness (QED) is 0.865. The maximum absolute atomic E-state index is 6.17. The lowest BCUT2D eigenvalue weighted by Crippen LogP contribution is -1.99. The zero-order valence-electron chi connectivity index (χ0n) is 9.22. The summed E-state index contributed by atoms with van der Waals surface area (Å²) in [7, 11) is 0. The predicted octanol–water partition coefficient (Wildman–Crippen LogP) is 2.44. The standard InChI is InChI=1S/C11H11ClN4S/c1-7-5-15-11(16-6-7)17-10-9(12)8(4-13)2-3-14-10/h2-3,5-6H,4,13H2,1H3. The fourth-order valence-electron chi connectivity index (χ4n) is 1.21. The molecule has 0 fully saturated rings. The summed E-state index contributed by atoms with van der Waals surface area (Å²) in [4.78, 5) is 12.6. The van der Waals surface area contributed by atoms with Crippen LogP contribution in [-0.4, -0.2) is 15.0 Å². The topological polar surface area (TPSA) is 64.7 Å². The maximum atomic E-state index is 6.17. The van der Waals surface area contributed by atoms with Crippen molar-refractivity contribution in [1.29, 1.82) is 0 Å². The van der Waals surface area contributed by atoms with Gasteiger partial charge < -0.3 is 5.73 Å². The van der Waals surface area contributed by atoms with Crippen LogP contribution in [0.4, 0.5) is 0 Å². The molecule has 0 amide bonds. The number of hydrogen-bond acceptors (Lipinski definition) is 5. The molecule has 0 saturated carbocycles. The highest BCUT2D eigenvalue weighted by Gasteiger charge is 2.09. The van der Waals surface area contributed by atoms with Crippen LogP contribution in [0.1, 0.15) is 11.1 Å². The molecule has 2 aromatic rings. The lowest BCUT2D eigenvalue weighted by molar-refractivity contribution is 0.941. The van der Waals surface area contributed by atoms with Crippen molar-refractivity contribution in [3.63, 3.8) is 0 Å². The van der Waals surface area contributed by atoms with Gasteiger partial charge in [-0.15, -0.1) is 0 Å². The average Bonchev–Trinajstić information content (AvgIpc) is 2.35. The van der Waals surface area contributed by atoms with Gasteiger partial charge in [-0.25, -0.2) is 15.0 Å². The summed E-state index contributed by atoms with van der Waals surface area (Å²) in [5.41, 5.74) is 7.47. The Morgan fingerprint density at radius 2 is 2.00 bits per heavy atom. The van der Waals surface area contributed by atoms with Gasteiger partial charge in [-0.1, -0.05) is 11.6 Å². The number of halogens is 1. The van der Waals surface area contributed by atoms with Crippen molar-refractivity contribution in [1.82, 2.24) is 15.0 Å². The van der Waals surface area contributed by atoms with Crippen molar-refractivity contribution in [2.24, 2.45) is 5.73 Å². The molecule has 0 aliphatic carbocycles. The first-order chi connectivity index (χ1) is 8.20. The molecule has 2 aromatic heterocycles. The van der Waals surface area contributed by atoms with Crippen molar-refractivity contribution >= 4 is 23.4 Å². The Kier molecular flexibility index (Phi) is 3.93. The van der Waals surface area contributed by atoms with E-state index in [4.69, 9.17) is 17.3 Å². The van der Waals surface area contributed by atoms with E-state index in [1.54, 1.807) is 18.6 Å². The van der Waals surface area contributed by atoms with Gasteiger partial charge in [-0.3, -0.25) is 0 Å². The first-order valence-electron chi connectivity index (χ1n) is 5.00. The van der Waals surface area contributed by atoms with E-state index in [0.717, 1.165) is 11.1 Å². The zero-order chi connectivity index (χ0) is 12.3. The molecule has 88 valence electrons. The molecule has 0 aliphatic rings. The van der Waals surface area contributed by atoms with Gasteiger partial charge in [0.2, 0.25) is 0 Å². The highest BCUT2D eigenvalue weighted by molar-refractivity contribution is 7.99. The van der Waals surface area contributed by atoms with Crippen LogP contribution >= 0.6 is 23.4 Å². The van der Waals surface area contributed by atoms with E-state index in [9.17, 15) is 0 Å². The number of pyridine rings is 1. The van der Waals surface area contributed by atoms with Crippen LogP contribution in [0.15, 0.2) is 34.8 Å². The fraction of sp³-hybridized carbons (Fsp3) is 0.182. The van der Waals surface area contributed by atoms with Crippen LogP contribution in [0.5, 0.6) is 0 Å². The van der Waals surface area contributed by atoms with Crippen molar-refractivity contribution in [3.8, 4) is 0 Å². The summed E-state index contributed by atoms with van der Waals surface area (Å²) in [5, 5.41) is 1.88. The van der Waals surface area contributed by atoms with Crippen molar-refractivity contribution < 1.29 is 0 Å². The van der Waals surface area contributed by atoms with E-state index >= 15 is 0 Å². The lowest BCUT2D eigenvalue weighted by atomic mass is 10.3. The highest BCUT2D eigenvalue weighted by Crippen LogP contribution is 2.31. The van der Waals surface area contributed by atoms with Gasteiger partial charge in [-0.2, -0.15) is 0 Å². The van der Waals surface area contributed by atoms with Crippen LogP contribution in [0, 0.1) is 6.92 Å². The second kappa shape index (κ2) is 5.44. The molecule has 17 heavy (non-hydrogen) atoms. The molecular formula is C11H11ClN4S. The predicted molar refractivity (Wildman–Crippen MR) is 68.0 cm³/mol. The molecule has 0 unspecified atom stereocenters. The number of aromatic nitrogens is 3. The minimum Gasteiger partial charge on any atom is -0.326 e. The van der Waals surface area contributed by atoms with Crippen molar-refractivity contribution in [2.45, 2.75) is 23.7 Å². The van der Waals surface area contributed by atoms with Gasteiger partial charge >= 0.3 is 0 Å². The Bertz CT molecular complexity index is 515. The second-order valence-electron chi connectivity index (χ2n) is 3.44. The summed E-state index contributed by atoms with van der Waals surface area (Å²) in [6.07, 6.45) is 5.20. The van der Waals surface area contributed by atoms with Crippen LogP contribution < -0.4 is 5.73 Å². The number of nitrogens with zero attached hydrogens (tertiary/aromatic N) is 3. The molecule has 0 aliphatic heterocycles. The minimum absolute atomic E-state index is 0.393. The number of rotatable bonds is 3. The third kappa shape index (κ3) is 2.94.